The second-order valence-electron chi connectivity index (χ2n) is 6.15. The summed E-state index contributed by atoms with van der Waals surface area (Å²) in [6.07, 6.45) is 0. The second kappa shape index (κ2) is 10.8. The highest BCUT2D eigenvalue weighted by molar-refractivity contribution is 7.80. The zero-order chi connectivity index (χ0) is 21.2. The molecule has 2 N–H and O–H groups in total. The number of rotatable bonds is 8. The number of carbonyl (C=O) groups excluding carboxylic acids is 1. The molecule has 7 heteroatoms. The molecule has 0 fully saturated rings. The summed E-state index contributed by atoms with van der Waals surface area (Å²) in [6, 6.07) is 23.8. The molecule has 0 aliphatic carbocycles. The van der Waals surface area contributed by atoms with Gasteiger partial charge in [0.2, 0.25) is 0 Å². The van der Waals surface area contributed by atoms with Gasteiger partial charge < -0.3 is 19.5 Å². The standard InChI is InChI=1S/C23H22N2O4S/c1-27-21-13-6-5-12-20(21)22(26)25-23(30)24-17-8-7-11-19(16-17)29-15-14-28-18-9-3-2-4-10-18/h2-13,16H,14-15H2,1H3,(H2,24,25,26,30). The van der Waals surface area contributed by atoms with Gasteiger partial charge in [0.05, 0.1) is 12.7 Å². The maximum atomic E-state index is 12.4. The van der Waals surface area contributed by atoms with Gasteiger partial charge in [-0.3, -0.25) is 10.1 Å². The van der Waals surface area contributed by atoms with Crippen molar-refractivity contribution in [3.8, 4) is 17.2 Å². The molecule has 0 atom stereocenters. The fourth-order valence-corrected chi connectivity index (χ4v) is 2.87. The van der Waals surface area contributed by atoms with Gasteiger partial charge in [-0.1, -0.05) is 36.4 Å². The molecule has 0 saturated carbocycles. The van der Waals surface area contributed by atoms with Crippen molar-refractivity contribution in [2.45, 2.75) is 0 Å². The predicted octanol–water partition coefficient (Wildman–Crippen LogP) is 4.28. The van der Waals surface area contributed by atoms with Gasteiger partial charge in [0, 0.05) is 11.8 Å². The molecule has 0 aliphatic rings. The number of hydrogen-bond donors (Lipinski definition) is 2. The maximum absolute atomic E-state index is 12.4. The summed E-state index contributed by atoms with van der Waals surface area (Å²) in [5, 5.41) is 5.81. The van der Waals surface area contributed by atoms with Gasteiger partial charge in [-0.05, 0) is 48.6 Å². The lowest BCUT2D eigenvalue weighted by atomic mass is 10.2. The van der Waals surface area contributed by atoms with E-state index in [0.29, 0.717) is 36.0 Å². The molecule has 0 heterocycles. The molecule has 30 heavy (non-hydrogen) atoms. The summed E-state index contributed by atoms with van der Waals surface area (Å²) in [6.45, 7) is 0.822. The first-order chi connectivity index (χ1) is 14.7. The number of thiocarbonyl (C=S) groups is 1. The first kappa shape index (κ1) is 21.1. The molecule has 0 aliphatic heterocycles. The van der Waals surface area contributed by atoms with Crippen LogP contribution in [0.5, 0.6) is 17.2 Å². The van der Waals surface area contributed by atoms with Crippen LogP contribution in [-0.2, 0) is 0 Å². The van der Waals surface area contributed by atoms with Crippen LogP contribution in [0.2, 0.25) is 0 Å². The number of benzene rings is 3. The third kappa shape index (κ3) is 6.22. The van der Waals surface area contributed by atoms with E-state index in [1.54, 1.807) is 30.3 Å². The van der Waals surface area contributed by atoms with Crippen LogP contribution >= 0.6 is 12.2 Å². The number of ether oxygens (including phenoxy) is 3. The number of para-hydroxylation sites is 2. The molecule has 3 rings (SSSR count). The Morgan fingerprint density at radius 3 is 2.30 bits per heavy atom. The SMILES string of the molecule is COc1ccccc1C(=O)NC(=S)Nc1cccc(OCCOc2ccccc2)c1. The summed E-state index contributed by atoms with van der Waals surface area (Å²) in [4.78, 5) is 12.4. The van der Waals surface area contributed by atoms with Crippen LogP contribution in [0.25, 0.3) is 0 Å². The number of hydrogen-bond acceptors (Lipinski definition) is 5. The van der Waals surface area contributed by atoms with Crippen molar-refractivity contribution < 1.29 is 19.0 Å². The molecule has 6 nitrogen and oxygen atoms in total. The van der Waals surface area contributed by atoms with E-state index in [4.69, 9.17) is 26.4 Å². The van der Waals surface area contributed by atoms with E-state index < -0.39 is 0 Å². The molecule has 3 aromatic carbocycles. The Morgan fingerprint density at radius 2 is 1.53 bits per heavy atom. The summed E-state index contributed by atoms with van der Waals surface area (Å²) in [5.41, 5.74) is 1.10. The number of anilines is 1. The highest BCUT2D eigenvalue weighted by Crippen LogP contribution is 2.19. The second-order valence-corrected chi connectivity index (χ2v) is 6.55. The zero-order valence-corrected chi connectivity index (χ0v) is 17.3. The van der Waals surface area contributed by atoms with Gasteiger partial charge in [-0.15, -0.1) is 0 Å². The van der Waals surface area contributed by atoms with Gasteiger partial charge in [0.1, 0.15) is 30.5 Å². The lowest BCUT2D eigenvalue weighted by Gasteiger charge is -2.13. The van der Waals surface area contributed by atoms with E-state index in [1.807, 2.05) is 48.5 Å². The van der Waals surface area contributed by atoms with Crippen molar-refractivity contribution in [1.82, 2.24) is 5.32 Å². The monoisotopic (exact) mass is 422 g/mol. The first-order valence-electron chi connectivity index (χ1n) is 9.32. The highest BCUT2D eigenvalue weighted by Gasteiger charge is 2.13. The predicted molar refractivity (Wildman–Crippen MR) is 121 cm³/mol. The van der Waals surface area contributed by atoms with E-state index in [2.05, 4.69) is 10.6 Å². The third-order valence-corrected chi connectivity index (χ3v) is 4.24. The smallest absolute Gasteiger partial charge is 0.261 e. The van der Waals surface area contributed by atoms with Crippen LogP contribution < -0.4 is 24.8 Å². The van der Waals surface area contributed by atoms with Crippen molar-refractivity contribution in [3.63, 3.8) is 0 Å². The van der Waals surface area contributed by atoms with Crippen molar-refractivity contribution in [2.75, 3.05) is 25.6 Å². The van der Waals surface area contributed by atoms with E-state index in [9.17, 15) is 4.79 Å². The molecule has 0 unspecified atom stereocenters. The Kier molecular flexibility index (Phi) is 7.63. The van der Waals surface area contributed by atoms with Crippen LogP contribution in [0.3, 0.4) is 0 Å². The van der Waals surface area contributed by atoms with Crippen LogP contribution in [0, 0.1) is 0 Å². The molecular weight excluding hydrogens is 400 g/mol. The summed E-state index contributed by atoms with van der Waals surface area (Å²) in [7, 11) is 1.51. The maximum Gasteiger partial charge on any atom is 0.261 e. The Bertz CT molecular complexity index is 995. The summed E-state index contributed by atoms with van der Waals surface area (Å²) < 4.78 is 16.5. The summed E-state index contributed by atoms with van der Waals surface area (Å²) >= 11 is 5.25. The molecule has 0 bridgehead atoms. The van der Waals surface area contributed by atoms with Gasteiger partial charge >= 0.3 is 0 Å². The molecule has 0 aromatic heterocycles. The van der Waals surface area contributed by atoms with Crippen molar-refractivity contribution >= 4 is 28.9 Å². The fourth-order valence-electron chi connectivity index (χ4n) is 2.66. The van der Waals surface area contributed by atoms with Crippen LogP contribution in [-0.4, -0.2) is 31.3 Å². The zero-order valence-electron chi connectivity index (χ0n) is 16.5. The quantitative estimate of drug-likeness (QED) is 0.417. The third-order valence-electron chi connectivity index (χ3n) is 4.03. The Hall–Kier alpha value is -3.58. The largest absolute Gasteiger partial charge is 0.496 e. The number of amides is 1. The molecule has 0 saturated heterocycles. The number of nitrogens with one attached hydrogen (secondary N) is 2. The molecule has 3 aromatic rings. The van der Waals surface area contributed by atoms with Crippen molar-refractivity contribution in [3.05, 3.63) is 84.4 Å². The fraction of sp³-hybridized carbons (Fsp3) is 0.130. The average Bonchev–Trinajstić information content (AvgIpc) is 2.77. The van der Waals surface area contributed by atoms with Crippen molar-refractivity contribution in [2.24, 2.45) is 0 Å². The van der Waals surface area contributed by atoms with Gasteiger partial charge in [0.25, 0.3) is 5.91 Å². The molecule has 1 amide bonds. The topological polar surface area (TPSA) is 68.8 Å². The van der Waals surface area contributed by atoms with Crippen molar-refractivity contribution in [1.29, 1.82) is 0 Å². The minimum Gasteiger partial charge on any atom is -0.496 e. The number of carbonyl (C=O) groups is 1. The normalized spacial score (nSPS) is 10.0. The van der Waals surface area contributed by atoms with E-state index in [0.717, 1.165) is 5.75 Å². The van der Waals surface area contributed by atoms with Crippen LogP contribution in [0.15, 0.2) is 78.9 Å². The molecular formula is C23H22N2O4S. The molecule has 154 valence electrons. The average molecular weight is 423 g/mol. The van der Waals surface area contributed by atoms with E-state index in [1.165, 1.54) is 7.11 Å². The van der Waals surface area contributed by atoms with Gasteiger partial charge in [-0.2, -0.15) is 0 Å². The van der Waals surface area contributed by atoms with Crippen LogP contribution in [0.4, 0.5) is 5.69 Å². The Morgan fingerprint density at radius 1 is 0.867 bits per heavy atom. The van der Waals surface area contributed by atoms with E-state index in [-0.39, 0.29) is 11.0 Å². The first-order valence-corrected chi connectivity index (χ1v) is 9.72. The Labute approximate surface area is 180 Å². The minimum absolute atomic E-state index is 0.176. The van der Waals surface area contributed by atoms with Gasteiger partial charge in [0.15, 0.2) is 5.11 Å². The van der Waals surface area contributed by atoms with E-state index >= 15 is 0 Å². The number of methoxy groups -OCH3 is 1. The van der Waals surface area contributed by atoms with Crippen LogP contribution in [0.1, 0.15) is 10.4 Å². The Balaban J connectivity index is 1.49. The lowest BCUT2D eigenvalue weighted by molar-refractivity contribution is 0.0975. The minimum atomic E-state index is -0.351. The highest BCUT2D eigenvalue weighted by atomic mass is 32.1. The molecule has 0 spiro atoms. The summed E-state index contributed by atoms with van der Waals surface area (Å²) in [5.74, 6) is 1.59. The lowest BCUT2D eigenvalue weighted by Crippen LogP contribution is -2.34. The molecule has 0 radical (unpaired) electrons. The van der Waals surface area contributed by atoms with Gasteiger partial charge in [-0.25, -0.2) is 0 Å².